The van der Waals surface area contributed by atoms with Crippen LogP contribution in [-0.4, -0.2) is 34.7 Å². The third-order valence-electron chi connectivity index (χ3n) is 4.66. The first-order valence-corrected chi connectivity index (χ1v) is 10.1. The summed E-state index contributed by atoms with van der Waals surface area (Å²) in [7, 11) is 0. The molecule has 0 aliphatic carbocycles. The Labute approximate surface area is 164 Å². The van der Waals surface area contributed by atoms with E-state index in [4.69, 9.17) is 27.9 Å². The van der Waals surface area contributed by atoms with Crippen molar-refractivity contribution in [2.45, 2.75) is 24.1 Å². The van der Waals surface area contributed by atoms with E-state index in [0.29, 0.717) is 34.6 Å². The number of hydrogen-bond acceptors (Lipinski definition) is 4. The SMILES string of the molecule is O=C1CS[C@@H](c2ccc(Cl)cc2Cl)c2c(n(C3CCOCC3)[nH]c2=O)N1. The van der Waals surface area contributed by atoms with Gasteiger partial charge in [0.2, 0.25) is 5.91 Å². The number of hydrogen-bond donors (Lipinski definition) is 2. The average Bonchev–Trinajstić information content (AvgIpc) is 2.83. The van der Waals surface area contributed by atoms with Gasteiger partial charge in [-0.15, -0.1) is 11.8 Å². The van der Waals surface area contributed by atoms with E-state index >= 15 is 0 Å². The molecule has 0 saturated carbocycles. The number of rotatable bonds is 2. The summed E-state index contributed by atoms with van der Waals surface area (Å²) in [4.78, 5) is 25.1. The highest BCUT2D eigenvalue weighted by molar-refractivity contribution is 8.00. The Morgan fingerprint density at radius 1 is 1.19 bits per heavy atom. The van der Waals surface area contributed by atoms with E-state index < -0.39 is 0 Å². The minimum absolute atomic E-state index is 0.0879. The number of fused-ring (bicyclic) bond motifs is 1. The van der Waals surface area contributed by atoms with Gasteiger partial charge in [0.15, 0.2) is 0 Å². The maximum absolute atomic E-state index is 12.8. The Morgan fingerprint density at radius 3 is 2.69 bits per heavy atom. The fraction of sp³-hybridized carbons (Fsp3) is 0.412. The maximum Gasteiger partial charge on any atom is 0.270 e. The monoisotopic (exact) mass is 413 g/mol. The zero-order chi connectivity index (χ0) is 18.3. The molecule has 9 heteroatoms. The highest BCUT2D eigenvalue weighted by Gasteiger charge is 2.33. The van der Waals surface area contributed by atoms with Crippen molar-refractivity contribution in [1.82, 2.24) is 9.78 Å². The Balaban J connectivity index is 1.84. The van der Waals surface area contributed by atoms with Gasteiger partial charge in [-0.05, 0) is 30.5 Å². The minimum Gasteiger partial charge on any atom is -0.381 e. The van der Waals surface area contributed by atoms with Crippen molar-refractivity contribution < 1.29 is 9.53 Å². The van der Waals surface area contributed by atoms with Gasteiger partial charge in [0, 0.05) is 23.3 Å². The Kier molecular flexibility index (Phi) is 5.05. The number of halogens is 2. The topological polar surface area (TPSA) is 76.1 Å². The smallest absolute Gasteiger partial charge is 0.270 e. The van der Waals surface area contributed by atoms with E-state index in [2.05, 4.69) is 10.4 Å². The van der Waals surface area contributed by atoms with Crippen LogP contribution in [0.4, 0.5) is 5.82 Å². The number of aromatic amines is 1. The number of amides is 1. The number of anilines is 1. The Bertz CT molecular complexity index is 905. The van der Waals surface area contributed by atoms with Crippen LogP contribution < -0.4 is 10.9 Å². The van der Waals surface area contributed by atoms with Crippen LogP contribution >= 0.6 is 35.0 Å². The van der Waals surface area contributed by atoms with Crippen LogP contribution in [0.1, 0.15) is 35.3 Å². The molecule has 0 bridgehead atoms. The second kappa shape index (κ2) is 7.31. The number of benzene rings is 1. The van der Waals surface area contributed by atoms with Crippen LogP contribution in [0.15, 0.2) is 23.0 Å². The predicted octanol–water partition coefficient (Wildman–Crippen LogP) is 3.61. The van der Waals surface area contributed by atoms with E-state index in [0.717, 1.165) is 18.4 Å². The van der Waals surface area contributed by atoms with Crippen LogP contribution in [0.5, 0.6) is 0 Å². The number of nitrogens with one attached hydrogen (secondary N) is 2. The lowest BCUT2D eigenvalue weighted by atomic mass is 10.1. The molecule has 0 radical (unpaired) electrons. The predicted molar refractivity (Wildman–Crippen MR) is 104 cm³/mol. The molecule has 1 saturated heterocycles. The fourth-order valence-corrected chi connectivity index (χ4v) is 5.16. The molecule has 1 fully saturated rings. The van der Waals surface area contributed by atoms with E-state index in [1.54, 1.807) is 16.8 Å². The van der Waals surface area contributed by atoms with Gasteiger partial charge in [0.05, 0.1) is 22.6 Å². The number of thioether (sulfide) groups is 1. The Morgan fingerprint density at radius 2 is 1.96 bits per heavy atom. The number of carbonyl (C=O) groups is 1. The first-order valence-electron chi connectivity index (χ1n) is 8.33. The van der Waals surface area contributed by atoms with E-state index in [1.165, 1.54) is 11.8 Å². The molecule has 2 aliphatic rings. The van der Waals surface area contributed by atoms with Crippen molar-refractivity contribution in [3.8, 4) is 0 Å². The quantitative estimate of drug-likeness (QED) is 0.787. The van der Waals surface area contributed by atoms with Crippen LogP contribution in [-0.2, 0) is 9.53 Å². The van der Waals surface area contributed by atoms with Crippen LogP contribution in [0.25, 0.3) is 0 Å². The fourth-order valence-electron chi connectivity index (χ4n) is 3.42. The molecule has 4 rings (SSSR count). The highest BCUT2D eigenvalue weighted by Crippen LogP contribution is 2.43. The first-order chi connectivity index (χ1) is 12.5. The summed E-state index contributed by atoms with van der Waals surface area (Å²) in [6.45, 7) is 1.27. The first kappa shape index (κ1) is 18.0. The second-order valence-corrected chi connectivity index (χ2v) is 8.26. The van der Waals surface area contributed by atoms with Gasteiger partial charge in [-0.25, -0.2) is 0 Å². The van der Waals surface area contributed by atoms with Crippen molar-refractivity contribution in [3.63, 3.8) is 0 Å². The molecule has 1 aromatic heterocycles. The number of H-pyrrole nitrogens is 1. The molecule has 3 heterocycles. The van der Waals surface area contributed by atoms with E-state index in [-0.39, 0.29) is 28.5 Å². The lowest BCUT2D eigenvalue weighted by molar-refractivity contribution is -0.113. The largest absolute Gasteiger partial charge is 0.381 e. The molecular formula is C17H17Cl2N3O3S. The second-order valence-electron chi connectivity index (χ2n) is 6.32. The van der Waals surface area contributed by atoms with Crippen LogP contribution in [0.2, 0.25) is 10.0 Å². The third kappa shape index (κ3) is 3.29. The molecule has 1 amide bonds. The molecule has 0 unspecified atom stereocenters. The summed E-state index contributed by atoms with van der Waals surface area (Å²) in [6.07, 6.45) is 1.57. The van der Waals surface area contributed by atoms with Crippen molar-refractivity contribution in [2.24, 2.45) is 0 Å². The molecule has 1 aromatic carbocycles. The standard InChI is InChI=1S/C17H17Cl2N3O3S/c18-9-1-2-11(12(19)7-9)15-14-16(20-13(23)8-26-15)22(21-17(14)24)10-3-5-25-6-4-10/h1-2,7,10,15H,3-6,8H2,(H,20,23)(H,21,24)/t15-/m0/s1. The van der Waals surface area contributed by atoms with Gasteiger partial charge in [0.1, 0.15) is 5.82 Å². The molecule has 2 aliphatic heterocycles. The molecular weight excluding hydrogens is 397 g/mol. The summed E-state index contributed by atoms with van der Waals surface area (Å²) in [5.74, 6) is 0.641. The van der Waals surface area contributed by atoms with Crippen LogP contribution in [0, 0.1) is 0 Å². The summed E-state index contributed by atoms with van der Waals surface area (Å²) in [5.41, 5.74) is 1.09. The molecule has 0 spiro atoms. The third-order valence-corrected chi connectivity index (χ3v) is 6.48. The molecule has 1 atom stereocenters. The van der Waals surface area contributed by atoms with E-state index in [9.17, 15) is 9.59 Å². The zero-order valence-electron chi connectivity index (χ0n) is 13.8. The number of aromatic nitrogens is 2. The summed E-state index contributed by atoms with van der Waals surface area (Å²) >= 11 is 13.8. The molecule has 138 valence electrons. The highest BCUT2D eigenvalue weighted by atomic mass is 35.5. The van der Waals surface area contributed by atoms with Gasteiger partial charge < -0.3 is 10.1 Å². The number of nitrogens with zero attached hydrogens (tertiary/aromatic N) is 1. The minimum atomic E-state index is -0.349. The van der Waals surface area contributed by atoms with Gasteiger partial charge >= 0.3 is 0 Å². The van der Waals surface area contributed by atoms with Crippen molar-refractivity contribution in [2.75, 3.05) is 24.3 Å². The molecule has 2 aromatic rings. The van der Waals surface area contributed by atoms with Gasteiger partial charge in [-0.2, -0.15) is 0 Å². The van der Waals surface area contributed by atoms with Crippen molar-refractivity contribution in [3.05, 3.63) is 49.7 Å². The van der Waals surface area contributed by atoms with Gasteiger partial charge in [-0.3, -0.25) is 19.4 Å². The Hall–Kier alpha value is -1.41. The summed E-state index contributed by atoms with van der Waals surface area (Å²) in [6, 6.07) is 5.30. The summed E-state index contributed by atoms with van der Waals surface area (Å²) < 4.78 is 7.20. The normalized spacial score (nSPS) is 21.2. The maximum atomic E-state index is 12.8. The molecule has 26 heavy (non-hydrogen) atoms. The van der Waals surface area contributed by atoms with Crippen molar-refractivity contribution >= 4 is 46.7 Å². The summed E-state index contributed by atoms with van der Waals surface area (Å²) in [5, 5.41) is 6.47. The number of carbonyl (C=O) groups excluding carboxylic acids is 1. The van der Waals surface area contributed by atoms with Gasteiger partial charge in [-0.1, -0.05) is 29.3 Å². The molecule has 6 nitrogen and oxygen atoms in total. The zero-order valence-corrected chi connectivity index (χ0v) is 16.1. The van der Waals surface area contributed by atoms with Crippen molar-refractivity contribution in [1.29, 1.82) is 0 Å². The molecule has 2 N–H and O–H groups in total. The lowest BCUT2D eigenvalue weighted by Gasteiger charge is -2.25. The average molecular weight is 414 g/mol. The lowest BCUT2D eigenvalue weighted by Crippen LogP contribution is -2.24. The van der Waals surface area contributed by atoms with Gasteiger partial charge in [0.25, 0.3) is 5.56 Å². The number of ether oxygens (including phenoxy) is 1. The van der Waals surface area contributed by atoms with E-state index in [1.807, 2.05) is 6.07 Å². The van der Waals surface area contributed by atoms with Crippen LogP contribution in [0.3, 0.4) is 0 Å².